The number of nitrogens with one attached hydrogen (secondary N) is 1. The number of carbonyl (C=O) groups excluding carboxylic acids is 1. The number of rotatable bonds is 5. The lowest BCUT2D eigenvalue weighted by atomic mass is 10.1. The van der Waals surface area contributed by atoms with Crippen LogP contribution in [0.5, 0.6) is 0 Å². The lowest BCUT2D eigenvalue weighted by Crippen LogP contribution is -2.35. The van der Waals surface area contributed by atoms with Gasteiger partial charge in [0.25, 0.3) is 5.91 Å². The van der Waals surface area contributed by atoms with E-state index in [4.69, 9.17) is 28.6 Å². The van der Waals surface area contributed by atoms with Gasteiger partial charge in [0.05, 0.1) is 16.3 Å². The Bertz CT molecular complexity index is 1220. The van der Waals surface area contributed by atoms with E-state index in [-0.39, 0.29) is 11.4 Å². The first-order valence-electron chi connectivity index (χ1n) is 10.4. The van der Waals surface area contributed by atoms with Crippen LogP contribution in [0.2, 0.25) is 10.0 Å². The fourth-order valence-corrected chi connectivity index (χ4v) is 5.45. The molecule has 0 unspecified atom stereocenters. The van der Waals surface area contributed by atoms with Gasteiger partial charge in [-0.05, 0) is 74.4 Å². The molecule has 0 radical (unpaired) electrons. The molecular weight excluding hydrogens is 465 g/mol. The molecule has 166 valence electrons. The third-order valence-corrected chi connectivity index (χ3v) is 7.35. The van der Waals surface area contributed by atoms with E-state index in [0.717, 1.165) is 40.5 Å². The topological polar surface area (TPSA) is 73.8 Å². The Labute approximate surface area is 201 Å². The molecule has 2 aliphatic heterocycles. The Morgan fingerprint density at radius 1 is 1.19 bits per heavy atom. The summed E-state index contributed by atoms with van der Waals surface area (Å²) in [7, 11) is 0. The number of amidine groups is 2. The second-order valence-electron chi connectivity index (χ2n) is 7.73. The Kier molecular flexibility index (Phi) is 6.34. The van der Waals surface area contributed by atoms with Crippen molar-refractivity contribution >= 4 is 63.0 Å². The van der Waals surface area contributed by atoms with Gasteiger partial charge in [0.2, 0.25) is 5.17 Å². The van der Waals surface area contributed by atoms with Crippen molar-refractivity contribution in [1.82, 2.24) is 9.58 Å². The third kappa shape index (κ3) is 3.93. The summed E-state index contributed by atoms with van der Waals surface area (Å²) in [5, 5.41) is 17.2. The molecule has 0 saturated heterocycles. The van der Waals surface area contributed by atoms with Gasteiger partial charge in [-0.3, -0.25) is 10.2 Å². The minimum absolute atomic E-state index is 0.0408. The highest BCUT2D eigenvalue weighted by Crippen LogP contribution is 2.34. The van der Waals surface area contributed by atoms with E-state index in [2.05, 4.69) is 23.9 Å². The van der Waals surface area contributed by atoms with E-state index in [9.17, 15) is 4.79 Å². The van der Waals surface area contributed by atoms with E-state index in [1.807, 2.05) is 24.5 Å². The van der Waals surface area contributed by atoms with E-state index in [1.54, 1.807) is 24.3 Å². The van der Waals surface area contributed by atoms with E-state index < -0.39 is 5.91 Å². The second-order valence-corrected chi connectivity index (χ2v) is 9.56. The molecule has 0 spiro atoms. The zero-order valence-corrected chi connectivity index (χ0v) is 20.6. The SMILES string of the molecule is CCC(CC)C1=NN2C(=N)/C(=C\c3cc(C)n(-c4cc(Cl)ccc4Cl)c3C)C(=O)N=C2S1. The quantitative estimate of drug-likeness (QED) is 0.491. The first-order chi connectivity index (χ1) is 15.2. The molecule has 1 aromatic carbocycles. The summed E-state index contributed by atoms with van der Waals surface area (Å²) in [6.45, 7) is 8.12. The highest BCUT2D eigenvalue weighted by molar-refractivity contribution is 8.27. The van der Waals surface area contributed by atoms with Gasteiger partial charge >= 0.3 is 0 Å². The first-order valence-corrected chi connectivity index (χ1v) is 12.0. The van der Waals surface area contributed by atoms with Crippen LogP contribution in [0.4, 0.5) is 0 Å². The fourth-order valence-electron chi connectivity index (χ4n) is 3.93. The average Bonchev–Trinajstić information content (AvgIpc) is 3.29. The van der Waals surface area contributed by atoms with Crippen LogP contribution in [0.1, 0.15) is 43.6 Å². The first kappa shape index (κ1) is 22.8. The lowest BCUT2D eigenvalue weighted by molar-refractivity contribution is -0.114. The zero-order chi connectivity index (χ0) is 23.2. The average molecular weight is 488 g/mol. The minimum Gasteiger partial charge on any atom is -0.316 e. The van der Waals surface area contributed by atoms with E-state index >= 15 is 0 Å². The van der Waals surface area contributed by atoms with Gasteiger partial charge in [-0.25, -0.2) is 0 Å². The van der Waals surface area contributed by atoms with Gasteiger partial charge in [0.1, 0.15) is 5.04 Å². The molecule has 3 heterocycles. The highest BCUT2D eigenvalue weighted by Gasteiger charge is 2.37. The number of hydrazone groups is 1. The standard InChI is InChI=1S/C23H23Cl2N5OS/c1-5-14(6-2)22-28-30-20(26)17(21(31)27-23(30)32-22)10-15-9-12(3)29(13(15)4)19-11-16(24)7-8-18(19)25/h7-11,14,26H,5-6H2,1-4H3/b17-10+,26-20?. The summed E-state index contributed by atoms with van der Waals surface area (Å²) in [4.78, 5) is 17.0. The normalized spacial score (nSPS) is 17.3. The van der Waals surface area contributed by atoms with Crippen LogP contribution in [0, 0.1) is 25.2 Å². The molecule has 0 saturated carbocycles. The molecule has 1 N–H and O–H groups in total. The molecule has 6 nitrogen and oxygen atoms in total. The molecule has 9 heteroatoms. The maximum atomic E-state index is 12.8. The Balaban J connectivity index is 1.74. The number of amides is 1. The Morgan fingerprint density at radius 3 is 2.59 bits per heavy atom. The third-order valence-electron chi connectivity index (χ3n) is 5.72. The van der Waals surface area contributed by atoms with Crippen molar-refractivity contribution in [3.05, 3.63) is 56.8 Å². The van der Waals surface area contributed by atoms with Crippen molar-refractivity contribution in [1.29, 1.82) is 5.41 Å². The van der Waals surface area contributed by atoms with Crippen molar-refractivity contribution < 1.29 is 4.79 Å². The molecule has 1 amide bonds. The van der Waals surface area contributed by atoms with E-state index in [0.29, 0.717) is 21.1 Å². The molecule has 2 aliphatic rings. The zero-order valence-electron chi connectivity index (χ0n) is 18.2. The maximum Gasteiger partial charge on any atom is 0.283 e. The van der Waals surface area contributed by atoms with Gasteiger partial charge in [0.15, 0.2) is 5.84 Å². The van der Waals surface area contributed by atoms with Crippen LogP contribution in [-0.2, 0) is 4.79 Å². The van der Waals surface area contributed by atoms with Crippen LogP contribution in [0.3, 0.4) is 0 Å². The smallest absolute Gasteiger partial charge is 0.283 e. The number of halogens is 2. The summed E-state index contributed by atoms with van der Waals surface area (Å²) in [6, 6.07) is 7.26. The predicted octanol–water partition coefficient (Wildman–Crippen LogP) is 6.46. The number of thioether (sulfide) groups is 1. The molecular formula is C23H23Cl2N5OS. The maximum absolute atomic E-state index is 12.8. The predicted molar refractivity (Wildman–Crippen MR) is 134 cm³/mol. The number of benzene rings is 1. The number of aliphatic imine (C=N–C) groups is 1. The molecule has 1 aromatic heterocycles. The van der Waals surface area contributed by atoms with Gasteiger partial charge in [-0.1, -0.05) is 37.0 Å². The number of hydrogen-bond donors (Lipinski definition) is 1. The Morgan fingerprint density at radius 2 is 1.91 bits per heavy atom. The van der Waals surface area contributed by atoms with Crippen molar-refractivity contribution in [2.24, 2.45) is 16.0 Å². The van der Waals surface area contributed by atoms with Gasteiger partial charge in [0, 0.05) is 22.3 Å². The monoisotopic (exact) mass is 487 g/mol. The summed E-state index contributed by atoms with van der Waals surface area (Å²) in [5.74, 6) is -0.0932. The number of aryl methyl sites for hydroxylation is 1. The van der Waals surface area contributed by atoms with Gasteiger partial charge < -0.3 is 4.57 Å². The van der Waals surface area contributed by atoms with Crippen LogP contribution >= 0.6 is 35.0 Å². The van der Waals surface area contributed by atoms with Crippen molar-refractivity contribution in [3.8, 4) is 5.69 Å². The van der Waals surface area contributed by atoms with E-state index in [1.165, 1.54) is 16.8 Å². The molecule has 0 atom stereocenters. The van der Waals surface area contributed by atoms with Gasteiger partial charge in [-0.2, -0.15) is 15.1 Å². The molecule has 4 rings (SSSR count). The summed E-state index contributed by atoms with van der Waals surface area (Å²) < 4.78 is 1.99. The summed E-state index contributed by atoms with van der Waals surface area (Å²) in [5.41, 5.74) is 3.59. The highest BCUT2D eigenvalue weighted by atomic mass is 35.5. The van der Waals surface area contributed by atoms with Crippen molar-refractivity contribution in [2.75, 3.05) is 0 Å². The summed E-state index contributed by atoms with van der Waals surface area (Å²) in [6.07, 6.45) is 3.61. The van der Waals surface area contributed by atoms with Crippen molar-refractivity contribution in [2.45, 2.75) is 40.5 Å². The number of fused-ring (bicyclic) bond motifs is 1. The van der Waals surface area contributed by atoms with Crippen molar-refractivity contribution in [3.63, 3.8) is 0 Å². The fraction of sp³-hybridized carbons (Fsp3) is 0.304. The molecule has 0 fully saturated rings. The number of aromatic nitrogens is 1. The largest absolute Gasteiger partial charge is 0.316 e. The molecule has 0 aliphatic carbocycles. The number of hydrogen-bond acceptors (Lipinski definition) is 4. The molecule has 2 aromatic rings. The molecule has 32 heavy (non-hydrogen) atoms. The van der Waals surface area contributed by atoms with Gasteiger partial charge in [-0.15, -0.1) is 0 Å². The molecule has 0 bridgehead atoms. The van der Waals surface area contributed by atoms with Crippen LogP contribution in [0.25, 0.3) is 11.8 Å². The van der Waals surface area contributed by atoms with Crippen LogP contribution in [-0.4, -0.2) is 31.5 Å². The number of nitrogens with zero attached hydrogens (tertiary/aromatic N) is 4. The number of carbonyl (C=O) groups is 1. The Hall–Kier alpha value is -2.35. The lowest BCUT2D eigenvalue weighted by Gasteiger charge is -2.20. The minimum atomic E-state index is -0.430. The summed E-state index contributed by atoms with van der Waals surface area (Å²) >= 11 is 14.0. The second kappa shape index (κ2) is 8.89. The van der Waals surface area contributed by atoms with Crippen LogP contribution < -0.4 is 0 Å². The van der Waals surface area contributed by atoms with Crippen LogP contribution in [0.15, 0.2) is 39.9 Å².